The molecule has 1 rings (SSSR count). The third kappa shape index (κ3) is 5.63. The van der Waals surface area contributed by atoms with Gasteiger partial charge in [-0.25, -0.2) is 14.6 Å². The summed E-state index contributed by atoms with van der Waals surface area (Å²) in [5.74, 6) is -1.03. The number of amides is 1. The number of halogens is 3. The van der Waals surface area contributed by atoms with Gasteiger partial charge in [0.05, 0.1) is 5.02 Å². The van der Waals surface area contributed by atoms with Gasteiger partial charge in [-0.05, 0) is 18.6 Å². The summed E-state index contributed by atoms with van der Waals surface area (Å²) >= 11 is 11.6. The van der Waals surface area contributed by atoms with Gasteiger partial charge in [-0.3, -0.25) is 5.43 Å². The fraction of sp³-hybridized carbons (Fsp3) is 0.417. The second-order valence-corrected chi connectivity index (χ2v) is 4.75. The second-order valence-electron chi connectivity index (χ2n) is 3.82. The van der Waals surface area contributed by atoms with Crippen molar-refractivity contribution >= 4 is 29.3 Å². The molecule has 0 saturated carbocycles. The molecule has 0 radical (unpaired) electrons. The minimum Gasteiger partial charge on any atom is -0.405 e. The van der Waals surface area contributed by atoms with E-state index in [1.54, 1.807) is 0 Å². The largest absolute Gasteiger partial charge is 0.427 e. The molecule has 0 aliphatic rings. The van der Waals surface area contributed by atoms with Crippen molar-refractivity contribution in [3.8, 4) is 5.75 Å². The number of benzene rings is 1. The molecule has 0 saturated heterocycles. The van der Waals surface area contributed by atoms with Crippen molar-refractivity contribution in [1.29, 1.82) is 0 Å². The Morgan fingerprint density at radius 2 is 2.26 bits per heavy atom. The topological polar surface area (TPSA) is 50.4 Å². The minimum absolute atomic E-state index is 0.0172. The zero-order valence-corrected chi connectivity index (χ0v) is 11.9. The predicted octanol–water partition coefficient (Wildman–Crippen LogP) is 3.83. The van der Waals surface area contributed by atoms with Crippen molar-refractivity contribution in [1.82, 2.24) is 10.9 Å². The molecule has 1 aromatic rings. The van der Waals surface area contributed by atoms with Gasteiger partial charge in [-0.15, -0.1) is 11.6 Å². The molecule has 19 heavy (non-hydrogen) atoms. The van der Waals surface area contributed by atoms with Crippen molar-refractivity contribution in [3.05, 3.63) is 29.0 Å². The second kappa shape index (κ2) is 8.19. The third-order valence-electron chi connectivity index (χ3n) is 2.26. The van der Waals surface area contributed by atoms with Crippen LogP contribution in [0.2, 0.25) is 5.02 Å². The summed E-state index contributed by atoms with van der Waals surface area (Å²) < 4.78 is 18.1. The highest BCUT2D eigenvalue weighted by atomic mass is 35.5. The number of hydrogen-bond donors (Lipinski definition) is 2. The quantitative estimate of drug-likeness (QED) is 0.477. The number of hydrazine groups is 1. The summed E-state index contributed by atoms with van der Waals surface area (Å²) in [5, 5.41) is 0.0172. The van der Waals surface area contributed by atoms with E-state index in [1.807, 2.05) is 6.92 Å². The lowest BCUT2D eigenvalue weighted by Crippen LogP contribution is -2.43. The molecule has 106 valence electrons. The molecule has 0 bridgehead atoms. The molecule has 1 unspecified atom stereocenters. The van der Waals surface area contributed by atoms with E-state index in [9.17, 15) is 9.18 Å². The van der Waals surface area contributed by atoms with E-state index in [-0.39, 0.29) is 10.8 Å². The van der Waals surface area contributed by atoms with Crippen LogP contribution in [0, 0.1) is 5.82 Å². The maximum atomic E-state index is 13.3. The number of carbonyl (C=O) groups excluding carboxylic acids is 1. The number of para-hydroxylation sites is 1. The maximum absolute atomic E-state index is 13.3. The summed E-state index contributed by atoms with van der Waals surface area (Å²) in [6, 6.07) is 3.99. The molecular formula is C12H15Cl2FN2O2. The summed E-state index contributed by atoms with van der Waals surface area (Å²) in [6.45, 7) is 2.03. The Balaban J connectivity index is 2.43. The number of alkyl halides is 1. The van der Waals surface area contributed by atoms with E-state index in [2.05, 4.69) is 10.9 Å². The fourth-order valence-electron chi connectivity index (χ4n) is 1.29. The van der Waals surface area contributed by atoms with Gasteiger partial charge in [0, 0.05) is 0 Å². The molecule has 0 aliphatic heterocycles. The van der Waals surface area contributed by atoms with E-state index in [4.69, 9.17) is 27.9 Å². The molecule has 4 nitrogen and oxygen atoms in total. The van der Waals surface area contributed by atoms with Crippen LogP contribution in [0.3, 0.4) is 0 Å². The van der Waals surface area contributed by atoms with Crippen molar-refractivity contribution in [2.75, 3.05) is 0 Å². The Hall–Kier alpha value is -1.04. The van der Waals surface area contributed by atoms with Crippen LogP contribution < -0.4 is 15.6 Å². The summed E-state index contributed by atoms with van der Waals surface area (Å²) in [4.78, 5) is 11.4. The lowest BCUT2D eigenvalue weighted by molar-refractivity contribution is 0.192. The van der Waals surface area contributed by atoms with Crippen LogP contribution in [-0.4, -0.2) is 11.6 Å². The van der Waals surface area contributed by atoms with E-state index < -0.39 is 17.4 Å². The van der Waals surface area contributed by atoms with Gasteiger partial charge in [0.25, 0.3) is 0 Å². The Morgan fingerprint density at radius 3 is 2.89 bits per heavy atom. The molecule has 1 aromatic carbocycles. The molecule has 0 fully saturated rings. The van der Waals surface area contributed by atoms with E-state index in [0.29, 0.717) is 6.42 Å². The zero-order valence-electron chi connectivity index (χ0n) is 10.4. The van der Waals surface area contributed by atoms with Crippen LogP contribution in [0.4, 0.5) is 9.18 Å². The van der Waals surface area contributed by atoms with Crippen molar-refractivity contribution in [2.45, 2.75) is 31.7 Å². The summed E-state index contributed by atoms with van der Waals surface area (Å²) in [5.41, 5.74) is 4.36. The number of rotatable bonds is 6. The standard InChI is InChI=1S/C12H15Cl2FN2O2/c1-2-3-7-10(14)16-17-12(18)19-11-8(13)5-4-6-9(11)15/h4-6,10,16H,2-3,7H2,1H3,(H,17,18). The number of ether oxygens (including phenoxy) is 1. The number of carbonyl (C=O) groups is 1. The highest BCUT2D eigenvalue weighted by Gasteiger charge is 2.13. The van der Waals surface area contributed by atoms with Gasteiger partial charge in [-0.2, -0.15) is 0 Å². The Morgan fingerprint density at radius 1 is 1.53 bits per heavy atom. The lowest BCUT2D eigenvalue weighted by Gasteiger charge is -2.13. The van der Waals surface area contributed by atoms with Crippen LogP contribution in [0.5, 0.6) is 5.75 Å². The van der Waals surface area contributed by atoms with Gasteiger partial charge in [0.2, 0.25) is 0 Å². The van der Waals surface area contributed by atoms with Crippen LogP contribution in [0.25, 0.3) is 0 Å². The number of hydrogen-bond acceptors (Lipinski definition) is 3. The Kier molecular flexibility index (Phi) is 6.91. The molecular weight excluding hydrogens is 294 g/mol. The molecule has 0 aromatic heterocycles. The molecule has 1 amide bonds. The third-order valence-corrected chi connectivity index (χ3v) is 2.88. The average molecular weight is 309 g/mol. The Bertz CT molecular complexity index is 412. The van der Waals surface area contributed by atoms with Gasteiger partial charge in [0.1, 0.15) is 5.50 Å². The normalized spacial score (nSPS) is 12.0. The monoisotopic (exact) mass is 308 g/mol. The minimum atomic E-state index is -0.880. The highest BCUT2D eigenvalue weighted by Crippen LogP contribution is 2.27. The van der Waals surface area contributed by atoms with Gasteiger partial charge in [-0.1, -0.05) is 37.4 Å². The smallest absolute Gasteiger partial charge is 0.405 e. The molecule has 0 spiro atoms. The van der Waals surface area contributed by atoms with Crippen molar-refractivity contribution in [2.24, 2.45) is 0 Å². The van der Waals surface area contributed by atoms with Gasteiger partial charge >= 0.3 is 6.09 Å². The average Bonchev–Trinajstić information content (AvgIpc) is 2.38. The maximum Gasteiger partial charge on any atom is 0.427 e. The summed E-state index contributed by atoms with van der Waals surface area (Å²) in [7, 11) is 0. The van der Waals surface area contributed by atoms with E-state index in [0.717, 1.165) is 18.9 Å². The zero-order chi connectivity index (χ0) is 14.3. The lowest BCUT2D eigenvalue weighted by atomic mass is 10.2. The van der Waals surface area contributed by atoms with Crippen molar-refractivity contribution < 1.29 is 13.9 Å². The van der Waals surface area contributed by atoms with E-state index >= 15 is 0 Å². The van der Waals surface area contributed by atoms with Gasteiger partial charge in [0.15, 0.2) is 11.6 Å². The number of nitrogens with one attached hydrogen (secondary N) is 2. The molecule has 7 heteroatoms. The van der Waals surface area contributed by atoms with Crippen LogP contribution in [0.1, 0.15) is 26.2 Å². The SMILES string of the molecule is CCCCC(Cl)NNC(=O)Oc1c(F)cccc1Cl. The summed E-state index contributed by atoms with van der Waals surface area (Å²) in [6.07, 6.45) is 1.74. The first-order valence-electron chi connectivity index (χ1n) is 5.86. The predicted molar refractivity (Wildman–Crippen MR) is 72.9 cm³/mol. The van der Waals surface area contributed by atoms with Crippen LogP contribution in [0.15, 0.2) is 18.2 Å². The fourth-order valence-corrected chi connectivity index (χ4v) is 1.70. The van der Waals surface area contributed by atoms with Gasteiger partial charge < -0.3 is 4.74 Å². The first-order chi connectivity index (χ1) is 9.04. The highest BCUT2D eigenvalue weighted by molar-refractivity contribution is 6.32. The Labute approximate surface area is 121 Å². The number of unbranched alkanes of at least 4 members (excludes halogenated alkanes) is 1. The van der Waals surface area contributed by atoms with Crippen LogP contribution >= 0.6 is 23.2 Å². The molecule has 0 heterocycles. The molecule has 0 aliphatic carbocycles. The van der Waals surface area contributed by atoms with Crippen LogP contribution in [-0.2, 0) is 0 Å². The molecule has 1 atom stereocenters. The van der Waals surface area contributed by atoms with E-state index in [1.165, 1.54) is 12.1 Å². The van der Waals surface area contributed by atoms with Crippen molar-refractivity contribution in [3.63, 3.8) is 0 Å². The first kappa shape index (κ1) is 16.0. The first-order valence-corrected chi connectivity index (χ1v) is 6.67. The molecule has 2 N–H and O–H groups in total.